The van der Waals surface area contributed by atoms with Gasteiger partial charge in [0.25, 0.3) is 0 Å². The number of alkyl carbamates (subject to hydrolysis) is 2. The molecule has 0 fully saturated rings. The fourth-order valence-corrected chi connectivity index (χ4v) is 1.97. The highest BCUT2D eigenvalue weighted by molar-refractivity contribution is 5.79. The Morgan fingerprint density at radius 2 is 1.32 bits per heavy atom. The lowest BCUT2D eigenvalue weighted by Gasteiger charge is -2.19. The maximum atomic E-state index is 11.8. The van der Waals surface area contributed by atoms with E-state index >= 15 is 0 Å². The quantitative estimate of drug-likeness (QED) is 0.567. The number of ether oxygens (including phenoxy) is 3. The molecule has 1 aromatic carbocycles. The Hall–Kier alpha value is -2.77. The summed E-state index contributed by atoms with van der Waals surface area (Å²) in [6, 6.07) is 6.88. The average molecular weight is 394 g/mol. The SMILES string of the molecule is CC(C)(C)OC(=O)NCCc1ccc(OC(=O)CNC(=O)OC(C)(C)C)cc1. The third-order valence-electron chi connectivity index (χ3n) is 3.01. The third-order valence-corrected chi connectivity index (χ3v) is 3.01. The molecule has 0 spiro atoms. The van der Waals surface area contributed by atoms with Crippen molar-refractivity contribution in [3.63, 3.8) is 0 Å². The smallest absolute Gasteiger partial charge is 0.408 e. The predicted molar refractivity (Wildman–Crippen MR) is 104 cm³/mol. The fraction of sp³-hybridized carbons (Fsp3) is 0.550. The molecule has 0 saturated carbocycles. The van der Waals surface area contributed by atoms with E-state index in [2.05, 4.69) is 10.6 Å². The van der Waals surface area contributed by atoms with Gasteiger partial charge in [-0.2, -0.15) is 0 Å². The second kappa shape index (κ2) is 9.96. The molecule has 8 nitrogen and oxygen atoms in total. The molecule has 0 aliphatic rings. The lowest BCUT2D eigenvalue weighted by Crippen LogP contribution is -2.36. The molecule has 0 atom stereocenters. The van der Waals surface area contributed by atoms with Crippen LogP contribution in [0.25, 0.3) is 0 Å². The molecular weight excluding hydrogens is 364 g/mol. The number of hydrogen-bond acceptors (Lipinski definition) is 6. The second-order valence-electron chi connectivity index (χ2n) is 8.15. The van der Waals surface area contributed by atoms with Crippen molar-refractivity contribution in [3.05, 3.63) is 29.8 Å². The molecule has 1 aromatic rings. The number of hydrogen-bond donors (Lipinski definition) is 2. The van der Waals surface area contributed by atoms with Crippen molar-refractivity contribution in [2.24, 2.45) is 0 Å². The molecule has 2 amide bonds. The van der Waals surface area contributed by atoms with Gasteiger partial charge in [-0.15, -0.1) is 0 Å². The maximum absolute atomic E-state index is 11.8. The normalized spacial score (nSPS) is 11.4. The minimum absolute atomic E-state index is 0.295. The molecule has 0 aliphatic heterocycles. The Balaban J connectivity index is 2.35. The van der Waals surface area contributed by atoms with Gasteiger partial charge >= 0.3 is 18.2 Å². The first kappa shape index (κ1) is 23.3. The molecule has 0 bridgehead atoms. The van der Waals surface area contributed by atoms with E-state index in [0.29, 0.717) is 18.7 Å². The van der Waals surface area contributed by atoms with Crippen LogP contribution in [0.1, 0.15) is 47.1 Å². The van der Waals surface area contributed by atoms with Crippen LogP contribution in [0.15, 0.2) is 24.3 Å². The summed E-state index contributed by atoms with van der Waals surface area (Å²) in [5, 5.41) is 5.02. The van der Waals surface area contributed by atoms with Gasteiger partial charge in [-0.05, 0) is 65.7 Å². The minimum atomic E-state index is -0.683. The van der Waals surface area contributed by atoms with Crippen molar-refractivity contribution < 1.29 is 28.6 Å². The van der Waals surface area contributed by atoms with E-state index in [9.17, 15) is 14.4 Å². The minimum Gasteiger partial charge on any atom is -0.444 e. The number of benzene rings is 1. The number of rotatable bonds is 6. The highest BCUT2D eigenvalue weighted by Crippen LogP contribution is 2.13. The molecule has 0 unspecified atom stereocenters. The number of esters is 1. The highest BCUT2D eigenvalue weighted by atomic mass is 16.6. The summed E-state index contributed by atoms with van der Waals surface area (Å²) in [6.45, 7) is 10.7. The Morgan fingerprint density at radius 1 is 0.821 bits per heavy atom. The van der Waals surface area contributed by atoms with Crippen LogP contribution in [0, 0.1) is 0 Å². The van der Waals surface area contributed by atoms with E-state index in [1.807, 2.05) is 0 Å². The Labute approximate surface area is 165 Å². The number of amides is 2. The molecule has 0 saturated heterocycles. The number of carbonyl (C=O) groups is 3. The monoisotopic (exact) mass is 394 g/mol. The fourth-order valence-electron chi connectivity index (χ4n) is 1.97. The van der Waals surface area contributed by atoms with Gasteiger partial charge in [0.1, 0.15) is 23.5 Å². The van der Waals surface area contributed by atoms with Crippen LogP contribution in [-0.4, -0.2) is 42.4 Å². The van der Waals surface area contributed by atoms with E-state index in [0.717, 1.165) is 5.56 Å². The summed E-state index contributed by atoms with van der Waals surface area (Å²) in [7, 11) is 0. The van der Waals surface area contributed by atoms with Crippen molar-refractivity contribution in [1.29, 1.82) is 0 Å². The summed E-state index contributed by atoms with van der Waals surface area (Å²) in [4.78, 5) is 34.9. The van der Waals surface area contributed by atoms with Gasteiger partial charge in [-0.1, -0.05) is 12.1 Å². The van der Waals surface area contributed by atoms with Crippen molar-refractivity contribution in [2.45, 2.75) is 59.2 Å². The van der Waals surface area contributed by atoms with Crippen molar-refractivity contribution >= 4 is 18.2 Å². The molecule has 0 radical (unpaired) electrons. The van der Waals surface area contributed by atoms with Gasteiger partial charge in [0.15, 0.2) is 0 Å². The molecule has 0 heterocycles. The first-order valence-corrected chi connectivity index (χ1v) is 9.07. The Morgan fingerprint density at radius 3 is 1.82 bits per heavy atom. The van der Waals surface area contributed by atoms with Gasteiger partial charge in [-0.25, -0.2) is 14.4 Å². The molecule has 2 N–H and O–H groups in total. The Kier molecular flexibility index (Phi) is 8.28. The zero-order chi connectivity index (χ0) is 21.4. The summed E-state index contributed by atoms with van der Waals surface area (Å²) >= 11 is 0. The first-order chi connectivity index (χ1) is 12.8. The van der Waals surface area contributed by atoms with Crippen molar-refractivity contribution in [3.8, 4) is 5.75 Å². The van der Waals surface area contributed by atoms with E-state index in [1.165, 1.54) is 0 Å². The summed E-state index contributed by atoms with van der Waals surface area (Å²) < 4.78 is 15.3. The Bertz CT molecular complexity index is 671. The summed E-state index contributed by atoms with van der Waals surface area (Å²) in [5.41, 5.74) is -0.210. The van der Waals surface area contributed by atoms with Crippen LogP contribution in [0.2, 0.25) is 0 Å². The zero-order valence-corrected chi connectivity index (χ0v) is 17.4. The average Bonchev–Trinajstić information content (AvgIpc) is 2.51. The van der Waals surface area contributed by atoms with Gasteiger partial charge in [0.2, 0.25) is 0 Å². The van der Waals surface area contributed by atoms with E-state index in [-0.39, 0.29) is 6.54 Å². The largest absolute Gasteiger partial charge is 0.444 e. The van der Waals surface area contributed by atoms with Gasteiger partial charge in [0.05, 0.1) is 0 Å². The van der Waals surface area contributed by atoms with Crippen LogP contribution in [0.4, 0.5) is 9.59 Å². The van der Waals surface area contributed by atoms with E-state index < -0.39 is 29.4 Å². The lowest BCUT2D eigenvalue weighted by molar-refractivity contribution is -0.133. The zero-order valence-electron chi connectivity index (χ0n) is 17.4. The molecule has 156 valence electrons. The standard InChI is InChI=1S/C20H30N2O6/c1-19(2,3)27-17(24)21-12-11-14-7-9-15(10-8-14)26-16(23)13-22-18(25)28-20(4,5)6/h7-10H,11-13H2,1-6H3,(H,21,24)(H,22,25). The van der Waals surface area contributed by atoms with E-state index in [4.69, 9.17) is 14.2 Å². The number of carbonyl (C=O) groups excluding carboxylic acids is 3. The lowest BCUT2D eigenvalue weighted by atomic mass is 10.1. The molecule has 0 aromatic heterocycles. The van der Waals surface area contributed by atoms with Crippen molar-refractivity contribution in [1.82, 2.24) is 10.6 Å². The van der Waals surface area contributed by atoms with Crippen LogP contribution >= 0.6 is 0 Å². The van der Waals surface area contributed by atoms with Crippen molar-refractivity contribution in [2.75, 3.05) is 13.1 Å². The molecule has 0 aliphatic carbocycles. The number of nitrogens with one attached hydrogen (secondary N) is 2. The van der Waals surface area contributed by atoms with Gasteiger partial charge < -0.3 is 24.8 Å². The summed E-state index contributed by atoms with van der Waals surface area (Å²) in [6.07, 6.45) is -0.541. The highest BCUT2D eigenvalue weighted by Gasteiger charge is 2.17. The maximum Gasteiger partial charge on any atom is 0.408 e. The van der Waals surface area contributed by atoms with Crippen LogP contribution in [-0.2, 0) is 20.7 Å². The molecule has 8 heteroatoms. The van der Waals surface area contributed by atoms with Gasteiger partial charge in [-0.3, -0.25) is 0 Å². The van der Waals surface area contributed by atoms with E-state index in [1.54, 1.807) is 65.8 Å². The van der Waals surface area contributed by atoms with Crippen LogP contribution in [0.3, 0.4) is 0 Å². The third kappa shape index (κ3) is 11.1. The van der Waals surface area contributed by atoms with Crippen LogP contribution in [0.5, 0.6) is 5.75 Å². The molecule has 1 rings (SSSR count). The van der Waals surface area contributed by atoms with Crippen LogP contribution < -0.4 is 15.4 Å². The topological polar surface area (TPSA) is 103 Å². The second-order valence-corrected chi connectivity index (χ2v) is 8.15. The molecular formula is C20H30N2O6. The molecule has 28 heavy (non-hydrogen) atoms. The summed E-state index contributed by atoms with van der Waals surface area (Å²) in [5.74, 6) is -0.245. The first-order valence-electron chi connectivity index (χ1n) is 9.07. The predicted octanol–water partition coefficient (Wildman–Crippen LogP) is 3.18. The van der Waals surface area contributed by atoms with Gasteiger partial charge in [0, 0.05) is 6.54 Å².